The van der Waals surface area contributed by atoms with E-state index in [9.17, 15) is 4.79 Å². The van der Waals surface area contributed by atoms with E-state index in [1.807, 2.05) is 24.3 Å². The molecule has 124 valence electrons. The Kier molecular flexibility index (Phi) is 4.78. The lowest BCUT2D eigenvalue weighted by atomic mass is 10.0. The van der Waals surface area contributed by atoms with Crippen molar-refractivity contribution in [3.05, 3.63) is 30.4 Å². The minimum atomic E-state index is 0.000587. The molecule has 2 N–H and O–H groups in total. The molecule has 3 rings (SSSR count). The minimum absolute atomic E-state index is 0.000587. The Balaban J connectivity index is 1.74. The van der Waals surface area contributed by atoms with Crippen molar-refractivity contribution in [1.82, 2.24) is 19.7 Å². The largest absolute Gasteiger partial charge is 0.394 e. The number of aryl methyl sites for hydroxylation is 1. The maximum Gasteiger partial charge on any atom is 0.256 e. The zero-order valence-corrected chi connectivity index (χ0v) is 13.2. The molecule has 0 aliphatic carbocycles. The highest BCUT2D eigenvalue weighted by Gasteiger charge is 2.27. The third-order valence-corrected chi connectivity index (χ3v) is 4.10. The highest BCUT2D eigenvalue weighted by molar-refractivity contribution is 6.00. The summed E-state index contributed by atoms with van der Waals surface area (Å²) in [4.78, 5) is 17.7. The second kappa shape index (κ2) is 6.97. The van der Waals surface area contributed by atoms with Crippen molar-refractivity contribution in [2.24, 2.45) is 7.05 Å². The molecule has 0 bridgehead atoms. The predicted molar refractivity (Wildman–Crippen MR) is 85.0 cm³/mol. The smallest absolute Gasteiger partial charge is 0.256 e. The molecule has 2 aromatic rings. The molecule has 3 heterocycles. The Morgan fingerprint density at radius 2 is 2.39 bits per heavy atom. The zero-order valence-electron chi connectivity index (χ0n) is 13.2. The third kappa shape index (κ3) is 3.46. The van der Waals surface area contributed by atoms with Crippen LogP contribution in [0.25, 0.3) is 11.1 Å². The van der Waals surface area contributed by atoms with E-state index in [1.165, 1.54) is 0 Å². The standard InChI is InChI=1S/C16H22N4O3/c1-19-10-12(7-18-19)14-8-17-9-15(14)16(22)20-4-2-3-13(11-20)23-6-5-21/h7-10,13,17,21H,2-6,11H2,1H3. The predicted octanol–water partition coefficient (Wildman–Crippen LogP) is 1.03. The molecule has 7 heteroatoms. The monoisotopic (exact) mass is 318 g/mol. The maximum absolute atomic E-state index is 12.9. The number of hydrogen-bond acceptors (Lipinski definition) is 4. The average molecular weight is 318 g/mol. The van der Waals surface area contributed by atoms with Gasteiger partial charge in [0, 0.05) is 49.9 Å². The van der Waals surface area contributed by atoms with Crippen LogP contribution >= 0.6 is 0 Å². The summed E-state index contributed by atoms with van der Waals surface area (Å²) in [6.45, 7) is 1.62. The molecule has 2 aromatic heterocycles. The topological polar surface area (TPSA) is 83.4 Å². The first-order chi connectivity index (χ1) is 11.2. The molecule has 1 amide bonds. The molecule has 1 aliphatic heterocycles. The molecule has 0 aromatic carbocycles. The van der Waals surface area contributed by atoms with Crippen LogP contribution in [0.1, 0.15) is 23.2 Å². The Morgan fingerprint density at radius 1 is 1.52 bits per heavy atom. The van der Waals surface area contributed by atoms with Gasteiger partial charge in [0.2, 0.25) is 0 Å². The zero-order chi connectivity index (χ0) is 16.2. The van der Waals surface area contributed by atoms with Crippen molar-refractivity contribution in [2.75, 3.05) is 26.3 Å². The van der Waals surface area contributed by atoms with Crippen molar-refractivity contribution in [1.29, 1.82) is 0 Å². The van der Waals surface area contributed by atoms with Crippen molar-refractivity contribution in [3.63, 3.8) is 0 Å². The lowest BCUT2D eigenvalue weighted by Gasteiger charge is -2.32. The van der Waals surface area contributed by atoms with E-state index < -0.39 is 0 Å². The van der Waals surface area contributed by atoms with Gasteiger partial charge in [0.25, 0.3) is 5.91 Å². The summed E-state index contributed by atoms with van der Waals surface area (Å²) in [6.07, 6.45) is 9.05. The number of rotatable bonds is 5. The van der Waals surface area contributed by atoms with Crippen LogP contribution in [0.2, 0.25) is 0 Å². The summed E-state index contributed by atoms with van der Waals surface area (Å²) in [5.41, 5.74) is 2.43. The fourth-order valence-electron chi connectivity index (χ4n) is 2.99. The minimum Gasteiger partial charge on any atom is -0.394 e. The number of amides is 1. The van der Waals surface area contributed by atoms with Crippen LogP contribution in [0.4, 0.5) is 0 Å². The number of carbonyl (C=O) groups excluding carboxylic acids is 1. The Labute approximate surface area is 134 Å². The molecule has 0 spiro atoms. The quantitative estimate of drug-likeness (QED) is 0.862. The van der Waals surface area contributed by atoms with E-state index in [1.54, 1.807) is 17.1 Å². The molecular formula is C16H22N4O3. The van der Waals surface area contributed by atoms with Gasteiger partial charge in [0.15, 0.2) is 0 Å². The summed E-state index contributed by atoms with van der Waals surface area (Å²) in [6, 6.07) is 0. The SMILES string of the molecule is Cn1cc(-c2c[nH]cc2C(=O)N2CCCC(OCCO)C2)cn1. The number of hydrogen-bond donors (Lipinski definition) is 2. The molecule has 1 unspecified atom stereocenters. The van der Waals surface area contributed by atoms with E-state index in [0.717, 1.165) is 30.5 Å². The summed E-state index contributed by atoms with van der Waals surface area (Å²) >= 11 is 0. The first-order valence-corrected chi connectivity index (χ1v) is 7.86. The fourth-order valence-corrected chi connectivity index (χ4v) is 2.99. The van der Waals surface area contributed by atoms with E-state index in [-0.39, 0.29) is 18.6 Å². The van der Waals surface area contributed by atoms with Crippen LogP contribution < -0.4 is 0 Å². The number of piperidine rings is 1. The summed E-state index contributed by atoms with van der Waals surface area (Å²) in [5.74, 6) is 0.00222. The summed E-state index contributed by atoms with van der Waals surface area (Å²) in [5, 5.41) is 13.0. The van der Waals surface area contributed by atoms with E-state index >= 15 is 0 Å². The van der Waals surface area contributed by atoms with Crippen LogP contribution in [0, 0.1) is 0 Å². The molecule has 23 heavy (non-hydrogen) atoms. The fraction of sp³-hybridized carbons (Fsp3) is 0.500. The first-order valence-electron chi connectivity index (χ1n) is 7.86. The van der Waals surface area contributed by atoms with Gasteiger partial charge in [-0.15, -0.1) is 0 Å². The normalized spacial score (nSPS) is 18.3. The van der Waals surface area contributed by atoms with Crippen molar-refractivity contribution in [2.45, 2.75) is 18.9 Å². The van der Waals surface area contributed by atoms with Crippen LogP contribution in [0.15, 0.2) is 24.8 Å². The van der Waals surface area contributed by atoms with E-state index in [4.69, 9.17) is 9.84 Å². The maximum atomic E-state index is 12.9. The van der Waals surface area contributed by atoms with Gasteiger partial charge in [-0.25, -0.2) is 0 Å². The third-order valence-electron chi connectivity index (χ3n) is 4.10. The van der Waals surface area contributed by atoms with Gasteiger partial charge < -0.3 is 19.7 Å². The first kappa shape index (κ1) is 15.8. The number of nitrogens with one attached hydrogen (secondary N) is 1. The number of aromatic amines is 1. The van der Waals surface area contributed by atoms with Gasteiger partial charge in [-0.1, -0.05) is 0 Å². The number of carbonyl (C=O) groups is 1. The summed E-state index contributed by atoms with van der Waals surface area (Å²) < 4.78 is 7.30. The Morgan fingerprint density at radius 3 is 3.13 bits per heavy atom. The lowest BCUT2D eigenvalue weighted by molar-refractivity contribution is -0.0110. The molecule has 1 saturated heterocycles. The molecule has 1 fully saturated rings. The van der Waals surface area contributed by atoms with Crippen LogP contribution in [-0.4, -0.2) is 63.1 Å². The summed E-state index contributed by atoms with van der Waals surface area (Å²) in [7, 11) is 1.85. The molecule has 1 atom stereocenters. The molecule has 0 radical (unpaired) electrons. The number of H-pyrrole nitrogens is 1. The van der Waals surface area contributed by atoms with E-state index in [2.05, 4.69) is 10.1 Å². The number of aliphatic hydroxyl groups excluding tert-OH is 1. The van der Waals surface area contributed by atoms with Gasteiger partial charge in [-0.05, 0) is 12.8 Å². The van der Waals surface area contributed by atoms with Crippen LogP contribution in [0.3, 0.4) is 0 Å². The Bertz CT molecular complexity index is 664. The number of aliphatic hydroxyl groups is 1. The molecule has 0 saturated carbocycles. The highest BCUT2D eigenvalue weighted by atomic mass is 16.5. The highest BCUT2D eigenvalue weighted by Crippen LogP contribution is 2.25. The Hall–Kier alpha value is -2.12. The second-order valence-corrected chi connectivity index (χ2v) is 5.80. The molecule has 1 aliphatic rings. The van der Waals surface area contributed by atoms with Gasteiger partial charge in [0.05, 0.1) is 31.1 Å². The van der Waals surface area contributed by atoms with Gasteiger partial charge in [-0.3, -0.25) is 9.48 Å². The van der Waals surface area contributed by atoms with Crippen molar-refractivity contribution < 1.29 is 14.6 Å². The number of aromatic nitrogens is 3. The average Bonchev–Trinajstić information content (AvgIpc) is 3.21. The number of likely N-dealkylation sites (tertiary alicyclic amines) is 1. The van der Waals surface area contributed by atoms with E-state index in [0.29, 0.717) is 18.7 Å². The van der Waals surface area contributed by atoms with Crippen molar-refractivity contribution in [3.8, 4) is 11.1 Å². The lowest BCUT2D eigenvalue weighted by Crippen LogP contribution is -2.43. The number of ether oxygens (including phenoxy) is 1. The van der Waals surface area contributed by atoms with Gasteiger partial charge in [0.1, 0.15) is 0 Å². The van der Waals surface area contributed by atoms with Gasteiger partial charge in [-0.2, -0.15) is 5.10 Å². The molecule has 7 nitrogen and oxygen atoms in total. The van der Waals surface area contributed by atoms with Gasteiger partial charge >= 0.3 is 0 Å². The van der Waals surface area contributed by atoms with Crippen molar-refractivity contribution >= 4 is 5.91 Å². The van der Waals surface area contributed by atoms with Crippen LogP contribution in [0.5, 0.6) is 0 Å². The molecular weight excluding hydrogens is 296 g/mol. The second-order valence-electron chi connectivity index (χ2n) is 5.80. The number of nitrogens with zero attached hydrogens (tertiary/aromatic N) is 3. The van der Waals surface area contributed by atoms with Crippen LogP contribution in [-0.2, 0) is 11.8 Å².